The van der Waals surface area contributed by atoms with Crippen LogP contribution in [0.1, 0.15) is 11.1 Å². The lowest BCUT2D eigenvalue weighted by Gasteiger charge is -2.14. The van der Waals surface area contributed by atoms with E-state index >= 15 is 8.78 Å². The van der Waals surface area contributed by atoms with E-state index in [2.05, 4.69) is 47.0 Å². The van der Waals surface area contributed by atoms with Crippen LogP contribution >= 0.6 is 11.3 Å². The van der Waals surface area contributed by atoms with Gasteiger partial charge < -0.3 is 4.57 Å². The van der Waals surface area contributed by atoms with E-state index in [0.29, 0.717) is 28.6 Å². The molecule has 0 atom stereocenters. The van der Waals surface area contributed by atoms with Gasteiger partial charge in [0, 0.05) is 59.7 Å². The van der Waals surface area contributed by atoms with Crippen LogP contribution in [-0.4, -0.2) is 19.5 Å². The van der Waals surface area contributed by atoms with Crippen molar-refractivity contribution < 1.29 is 8.78 Å². The largest absolute Gasteiger partial charge is 0.308 e. The zero-order valence-corrected chi connectivity index (χ0v) is 28.8. The first-order valence-corrected chi connectivity index (χ1v) is 18.2. The van der Waals surface area contributed by atoms with Gasteiger partial charge in [-0.15, -0.1) is 11.3 Å². The summed E-state index contributed by atoms with van der Waals surface area (Å²) >= 11 is 1.73. The number of alkyl halides is 2. The van der Waals surface area contributed by atoms with E-state index in [-0.39, 0.29) is 11.1 Å². The lowest BCUT2D eigenvalue weighted by atomic mass is 10.0. The summed E-state index contributed by atoms with van der Waals surface area (Å²) in [7, 11) is 0. The molecule has 0 fully saturated rings. The maximum Gasteiger partial charge on any atom is 0.299 e. The second kappa shape index (κ2) is 11.2. The average molecular weight is 705 g/mol. The van der Waals surface area contributed by atoms with Gasteiger partial charge in [0.15, 0.2) is 17.5 Å². The molecule has 7 heteroatoms. The van der Waals surface area contributed by atoms with Gasteiger partial charge in [-0.1, -0.05) is 127 Å². The molecule has 1 aliphatic rings. The molecule has 1 aliphatic carbocycles. The quantitative estimate of drug-likeness (QED) is 0.183. The number of thiophene rings is 1. The Labute approximate surface area is 306 Å². The van der Waals surface area contributed by atoms with Crippen molar-refractivity contribution in [3.05, 3.63) is 169 Å². The highest BCUT2D eigenvalue weighted by atomic mass is 32.1. The highest BCUT2D eigenvalue weighted by Crippen LogP contribution is 2.53. The number of nitrogens with zero attached hydrogens (tertiary/aromatic N) is 4. The van der Waals surface area contributed by atoms with Gasteiger partial charge >= 0.3 is 0 Å². The van der Waals surface area contributed by atoms with Gasteiger partial charge in [0.05, 0.1) is 15.7 Å². The number of benzene rings is 7. The zero-order valence-electron chi connectivity index (χ0n) is 28.0. The lowest BCUT2D eigenvalue weighted by molar-refractivity contribution is 0.0481. The van der Waals surface area contributed by atoms with E-state index in [1.165, 1.54) is 10.1 Å². The van der Waals surface area contributed by atoms with Gasteiger partial charge in [0.1, 0.15) is 0 Å². The van der Waals surface area contributed by atoms with Crippen LogP contribution in [0.3, 0.4) is 0 Å². The van der Waals surface area contributed by atoms with Crippen molar-refractivity contribution in [2.75, 3.05) is 0 Å². The van der Waals surface area contributed by atoms with E-state index in [1.54, 1.807) is 35.6 Å². The highest BCUT2D eigenvalue weighted by Gasteiger charge is 2.44. The summed E-state index contributed by atoms with van der Waals surface area (Å²) < 4.78 is 36.9. The smallest absolute Gasteiger partial charge is 0.299 e. The molecule has 7 aromatic carbocycles. The Bertz CT molecular complexity index is 3040. The first-order chi connectivity index (χ1) is 26.0. The van der Waals surface area contributed by atoms with Crippen LogP contribution < -0.4 is 0 Å². The molecule has 11 rings (SSSR count). The number of rotatable bonds is 4. The third-order valence-electron chi connectivity index (χ3n) is 10.4. The zero-order chi connectivity index (χ0) is 35.3. The summed E-state index contributed by atoms with van der Waals surface area (Å²) in [6.07, 6.45) is 0. The number of fused-ring (bicyclic) bond motifs is 10. The summed E-state index contributed by atoms with van der Waals surface area (Å²) in [5, 5.41) is 4.25. The number of aromatic nitrogens is 4. The third kappa shape index (κ3) is 4.47. The molecule has 0 bridgehead atoms. The Morgan fingerprint density at radius 1 is 0.472 bits per heavy atom. The standard InChI is InChI=1S/C46H26F2N4S/c47-46(48)37-20-9-7-18-31(37)35-25-36-33-22-23-34-32-19-8-10-21-40(32)53-42(34)41(33)52(39(36)26-38(35)46)30-17-11-16-29(24-30)45-50-43(27-12-3-1-4-13-27)49-44(51-45)28-14-5-2-6-15-28/h1-26H. The average Bonchev–Trinajstić information content (AvgIpc) is 3.83. The topological polar surface area (TPSA) is 43.6 Å². The molecule has 3 heterocycles. The minimum absolute atomic E-state index is 0.0245. The molecule has 10 aromatic rings. The van der Waals surface area contributed by atoms with Crippen LogP contribution in [0.4, 0.5) is 8.78 Å². The maximum atomic E-state index is 16.3. The predicted octanol–water partition coefficient (Wildman–Crippen LogP) is 12.5. The fourth-order valence-corrected chi connectivity index (χ4v) is 9.17. The molecular formula is C46H26F2N4S. The SMILES string of the molecule is FC1(F)c2ccccc2-c2cc3c4ccc5c6ccccc6sc5c4n(-c4cccc(-c5nc(-c6ccccc6)nc(-c6ccccc6)n5)c4)c3cc21. The fourth-order valence-electron chi connectivity index (χ4n) is 7.93. The minimum Gasteiger partial charge on any atom is -0.308 e. The maximum absolute atomic E-state index is 16.3. The Kier molecular flexibility index (Phi) is 6.37. The summed E-state index contributed by atoms with van der Waals surface area (Å²) in [6, 6.07) is 51.1. The number of halogens is 2. The van der Waals surface area contributed by atoms with Crippen LogP contribution in [0.2, 0.25) is 0 Å². The van der Waals surface area contributed by atoms with Crippen LogP contribution in [0.15, 0.2) is 158 Å². The molecule has 0 unspecified atom stereocenters. The van der Waals surface area contributed by atoms with Crippen molar-refractivity contribution in [1.82, 2.24) is 19.5 Å². The first kappa shape index (κ1) is 30.1. The number of hydrogen-bond acceptors (Lipinski definition) is 4. The van der Waals surface area contributed by atoms with Crippen molar-refractivity contribution in [1.29, 1.82) is 0 Å². The number of hydrogen-bond donors (Lipinski definition) is 0. The van der Waals surface area contributed by atoms with Crippen molar-refractivity contribution in [2.45, 2.75) is 5.92 Å². The van der Waals surface area contributed by atoms with Crippen LogP contribution in [0.25, 0.3) is 93.0 Å². The van der Waals surface area contributed by atoms with Crippen LogP contribution in [0, 0.1) is 0 Å². The molecule has 0 radical (unpaired) electrons. The molecule has 0 amide bonds. The van der Waals surface area contributed by atoms with Crippen molar-refractivity contribution >= 4 is 53.3 Å². The van der Waals surface area contributed by atoms with E-state index in [9.17, 15) is 0 Å². The minimum atomic E-state index is -3.12. The van der Waals surface area contributed by atoms with Gasteiger partial charge in [-0.2, -0.15) is 8.78 Å². The predicted molar refractivity (Wildman–Crippen MR) is 212 cm³/mol. The molecule has 0 saturated carbocycles. The third-order valence-corrected chi connectivity index (χ3v) is 11.6. The normalized spacial score (nSPS) is 13.2. The Morgan fingerprint density at radius 2 is 1.09 bits per heavy atom. The molecule has 250 valence electrons. The Hall–Kier alpha value is -6.57. The lowest BCUT2D eigenvalue weighted by Crippen LogP contribution is -2.11. The fraction of sp³-hybridized carbons (Fsp3) is 0.0217. The summed E-state index contributed by atoms with van der Waals surface area (Å²) in [4.78, 5) is 14.8. The van der Waals surface area contributed by atoms with Gasteiger partial charge in [0.25, 0.3) is 5.92 Å². The Morgan fingerprint density at radius 3 is 1.85 bits per heavy atom. The van der Waals surface area contributed by atoms with Crippen LogP contribution in [0.5, 0.6) is 0 Å². The van der Waals surface area contributed by atoms with E-state index in [1.807, 2.05) is 91.0 Å². The highest BCUT2D eigenvalue weighted by molar-refractivity contribution is 7.26. The Balaban J connectivity index is 1.20. The first-order valence-electron chi connectivity index (χ1n) is 17.4. The monoisotopic (exact) mass is 704 g/mol. The van der Waals surface area contributed by atoms with E-state index in [4.69, 9.17) is 15.0 Å². The van der Waals surface area contributed by atoms with Gasteiger partial charge in [0.2, 0.25) is 0 Å². The molecular weight excluding hydrogens is 679 g/mol. The molecule has 0 saturated heterocycles. The second-order valence-electron chi connectivity index (χ2n) is 13.4. The van der Waals surface area contributed by atoms with E-state index < -0.39 is 5.92 Å². The van der Waals surface area contributed by atoms with Gasteiger partial charge in [-0.3, -0.25) is 0 Å². The van der Waals surface area contributed by atoms with Gasteiger partial charge in [-0.25, -0.2) is 15.0 Å². The summed E-state index contributed by atoms with van der Waals surface area (Å²) in [6.45, 7) is 0. The molecule has 3 aromatic heterocycles. The van der Waals surface area contributed by atoms with Crippen molar-refractivity contribution in [2.24, 2.45) is 0 Å². The van der Waals surface area contributed by atoms with Crippen molar-refractivity contribution in [3.8, 4) is 51.0 Å². The van der Waals surface area contributed by atoms with Crippen LogP contribution in [-0.2, 0) is 5.92 Å². The molecule has 53 heavy (non-hydrogen) atoms. The summed E-state index contributed by atoms with van der Waals surface area (Å²) in [5.41, 5.74) is 6.33. The van der Waals surface area contributed by atoms with E-state index in [0.717, 1.165) is 54.3 Å². The second-order valence-corrected chi connectivity index (χ2v) is 14.4. The summed E-state index contributed by atoms with van der Waals surface area (Å²) in [5.74, 6) is -1.46. The van der Waals surface area contributed by atoms with Crippen molar-refractivity contribution in [3.63, 3.8) is 0 Å². The molecule has 0 N–H and O–H groups in total. The molecule has 0 spiro atoms. The van der Waals surface area contributed by atoms with Gasteiger partial charge in [-0.05, 0) is 41.5 Å². The molecule has 4 nitrogen and oxygen atoms in total. The molecule has 0 aliphatic heterocycles.